The lowest BCUT2D eigenvalue weighted by atomic mass is 10.2. The summed E-state index contributed by atoms with van der Waals surface area (Å²) in [5.41, 5.74) is 6.75. The van der Waals surface area contributed by atoms with E-state index >= 15 is 0 Å². The van der Waals surface area contributed by atoms with E-state index in [1.165, 1.54) is 25.0 Å². The van der Waals surface area contributed by atoms with E-state index in [1.54, 1.807) is 6.07 Å². The molecule has 5 heteroatoms. The highest BCUT2D eigenvalue weighted by Crippen LogP contribution is 2.19. The summed E-state index contributed by atoms with van der Waals surface area (Å²) in [4.78, 5) is 4.28. The monoisotopic (exact) mass is 313 g/mol. The molecule has 1 aliphatic carbocycles. The lowest BCUT2D eigenvalue weighted by Gasteiger charge is -2.12. The maximum Gasteiger partial charge on any atom is 0.189 e. The van der Waals surface area contributed by atoms with Crippen molar-refractivity contribution in [3.05, 3.63) is 34.1 Å². The van der Waals surface area contributed by atoms with Crippen LogP contribution in [0.15, 0.2) is 27.7 Å². The van der Waals surface area contributed by atoms with Gasteiger partial charge in [-0.25, -0.2) is 9.38 Å². The average Bonchev–Trinajstić information content (AvgIpc) is 2.80. The summed E-state index contributed by atoms with van der Waals surface area (Å²) >= 11 is 3.31. The average molecular weight is 314 g/mol. The largest absolute Gasteiger partial charge is 0.370 e. The van der Waals surface area contributed by atoms with Crippen molar-refractivity contribution in [2.24, 2.45) is 10.7 Å². The Labute approximate surface area is 115 Å². The van der Waals surface area contributed by atoms with Gasteiger partial charge in [0.2, 0.25) is 0 Å². The minimum absolute atomic E-state index is 0.258. The first-order chi connectivity index (χ1) is 8.65. The number of nitrogens with zero attached hydrogens (tertiary/aromatic N) is 1. The van der Waals surface area contributed by atoms with Crippen LogP contribution in [-0.2, 0) is 6.54 Å². The standard InChI is InChI=1S/C13H17BrFN3/c14-12-7-10(15)6-5-9(12)8-17-13(16)18-11-3-1-2-4-11/h5-7,11H,1-4,8H2,(H3,16,17,18). The Hall–Kier alpha value is -1.10. The summed E-state index contributed by atoms with van der Waals surface area (Å²) in [7, 11) is 0. The molecule has 0 radical (unpaired) electrons. The molecule has 0 unspecified atom stereocenters. The fourth-order valence-corrected chi connectivity index (χ4v) is 2.62. The van der Waals surface area contributed by atoms with Gasteiger partial charge in [0, 0.05) is 10.5 Å². The Morgan fingerprint density at radius 2 is 2.17 bits per heavy atom. The van der Waals surface area contributed by atoms with E-state index in [0.717, 1.165) is 22.9 Å². The second-order valence-electron chi connectivity index (χ2n) is 4.56. The van der Waals surface area contributed by atoms with Crippen LogP contribution in [0.5, 0.6) is 0 Å². The minimum atomic E-state index is -0.258. The fraction of sp³-hybridized carbons (Fsp3) is 0.462. The number of guanidine groups is 1. The fourth-order valence-electron chi connectivity index (χ4n) is 2.15. The summed E-state index contributed by atoms with van der Waals surface area (Å²) in [6.45, 7) is 0.451. The van der Waals surface area contributed by atoms with Crippen LogP contribution in [0.1, 0.15) is 31.2 Å². The molecule has 1 aromatic carbocycles. The molecule has 0 bridgehead atoms. The van der Waals surface area contributed by atoms with E-state index in [2.05, 4.69) is 26.2 Å². The molecule has 3 nitrogen and oxygen atoms in total. The van der Waals surface area contributed by atoms with Crippen molar-refractivity contribution in [3.63, 3.8) is 0 Å². The zero-order valence-electron chi connectivity index (χ0n) is 10.1. The lowest BCUT2D eigenvalue weighted by Crippen LogP contribution is -2.38. The third kappa shape index (κ3) is 3.70. The number of halogens is 2. The quantitative estimate of drug-likeness (QED) is 0.666. The van der Waals surface area contributed by atoms with Crippen LogP contribution in [0, 0.1) is 5.82 Å². The highest BCUT2D eigenvalue weighted by molar-refractivity contribution is 9.10. The summed E-state index contributed by atoms with van der Waals surface area (Å²) in [5.74, 6) is 0.213. The molecule has 1 aromatic rings. The Bertz CT molecular complexity index is 442. The van der Waals surface area contributed by atoms with Crippen LogP contribution in [0.2, 0.25) is 0 Å². The molecule has 1 fully saturated rings. The van der Waals surface area contributed by atoms with Crippen molar-refractivity contribution in [1.29, 1.82) is 0 Å². The van der Waals surface area contributed by atoms with Gasteiger partial charge in [-0.05, 0) is 30.5 Å². The molecule has 0 atom stereocenters. The van der Waals surface area contributed by atoms with Crippen molar-refractivity contribution < 1.29 is 4.39 Å². The number of hydrogen-bond donors (Lipinski definition) is 2. The van der Waals surface area contributed by atoms with E-state index in [-0.39, 0.29) is 5.82 Å². The smallest absolute Gasteiger partial charge is 0.189 e. The molecule has 18 heavy (non-hydrogen) atoms. The van der Waals surface area contributed by atoms with E-state index in [9.17, 15) is 4.39 Å². The summed E-state index contributed by atoms with van der Waals surface area (Å²) in [5, 5.41) is 3.22. The van der Waals surface area contributed by atoms with Gasteiger partial charge in [-0.3, -0.25) is 0 Å². The second-order valence-corrected chi connectivity index (χ2v) is 5.42. The molecule has 3 N–H and O–H groups in total. The molecule has 0 aliphatic heterocycles. The van der Waals surface area contributed by atoms with E-state index < -0.39 is 0 Å². The van der Waals surface area contributed by atoms with Crippen molar-refractivity contribution in [2.75, 3.05) is 0 Å². The molecule has 0 aromatic heterocycles. The van der Waals surface area contributed by atoms with Gasteiger partial charge in [0.25, 0.3) is 0 Å². The zero-order valence-corrected chi connectivity index (χ0v) is 11.7. The van der Waals surface area contributed by atoms with Crippen LogP contribution in [0.4, 0.5) is 4.39 Å². The first-order valence-electron chi connectivity index (χ1n) is 6.15. The Balaban J connectivity index is 1.92. The van der Waals surface area contributed by atoms with Crippen LogP contribution >= 0.6 is 15.9 Å². The molecule has 0 heterocycles. The summed E-state index contributed by atoms with van der Waals surface area (Å²) in [6.07, 6.45) is 4.84. The molecule has 0 spiro atoms. The number of rotatable bonds is 3. The summed E-state index contributed by atoms with van der Waals surface area (Å²) in [6, 6.07) is 5.04. The summed E-state index contributed by atoms with van der Waals surface area (Å²) < 4.78 is 13.6. The molecule has 98 valence electrons. The lowest BCUT2D eigenvalue weighted by molar-refractivity contribution is 0.624. The Morgan fingerprint density at radius 1 is 1.44 bits per heavy atom. The topological polar surface area (TPSA) is 50.4 Å². The molecule has 0 saturated heterocycles. The van der Waals surface area contributed by atoms with Crippen LogP contribution in [0.25, 0.3) is 0 Å². The van der Waals surface area contributed by atoms with Gasteiger partial charge >= 0.3 is 0 Å². The zero-order chi connectivity index (χ0) is 13.0. The Kier molecular flexibility index (Phi) is 4.58. The maximum atomic E-state index is 12.9. The highest BCUT2D eigenvalue weighted by Gasteiger charge is 2.14. The highest BCUT2D eigenvalue weighted by atomic mass is 79.9. The normalized spacial score (nSPS) is 17.1. The third-order valence-corrected chi connectivity index (χ3v) is 3.88. The SMILES string of the molecule is NC(=NCc1ccc(F)cc1Br)NC1CCCC1. The predicted molar refractivity (Wildman–Crippen MR) is 74.8 cm³/mol. The number of hydrogen-bond acceptors (Lipinski definition) is 1. The van der Waals surface area contributed by atoms with Crippen molar-refractivity contribution in [2.45, 2.75) is 38.3 Å². The third-order valence-electron chi connectivity index (χ3n) is 3.14. The molecule has 0 amide bonds. The van der Waals surface area contributed by atoms with Crippen LogP contribution in [0.3, 0.4) is 0 Å². The number of nitrogens with two attached hydrogens (primary N) is 1. The van der Waals surface area contributed by atoms with Gasteiger partial charge in [0.05, 0.1) is 6.54 Å². The van der Waals surface area contributed by atoms with Crippen molar-refractivity contribution in [1.82, 2.24) is 5.32 Å². The first kappa shape index (κ1) is 13.3. The van der Waals surface area contributed by atoms with Gasteiger partial charge < -0.3 is 11.1 Å². The van der Waals surface area contributed by atoms with Crippen molar-refractivity contribution in [3.8, 4) is 0 Å². The number of benzene rings is 1. The molecular weight excluding hydrogens is 297 g/mol. The van der Waals surface area contributed by atoms with E-state index in [1.807, 2.05) is 0 Å². The van der Waals surface area contributed by atoms with Crippen molar-refractivity contribution >= 4 is 21.9 Å². The van der Waals surface area contributed by atoms with Gasteiger partial charge in [-0.15, -0.1) is 0 Å². The van der Waals surface area contributed by atoms with E-state index in [0.29, 0.717) is 18.5 Å². The van der Waals surface area contributed by atoms with E-state index in [4.69, 9.17) is 5.73 Å². The van der Waals surface area contributed by atoms with Gasteiger partial charge in [-0.2, -0.15) is 0 Å². The number of nitrogens with one attached hydrogen (secondary N) is 1. The molecule has 1 saturated carbocycles. The maximum absolute atomic E-state index is 12.9. The first-order valence-corrected chi connectivity index (χ1v) is 6.95. The number of aliphatic imine (C=N–C) groups is 1. The van der Waals surface area contributed by atoms with Crippen LogP contribution in [-0.4, -0.2) is 12.0 Å². The Morgan fingerprint density at radius 3 is 2.83 bits per heavy atom. The molecule has 2 rings (SSSR count). The molecular formula is C13H17BrFN3. The van der Waals surface area contributed by atoms with Gasteiger partial charge in [-0.1, -0.05) is 34.8 Å². The van der Waals surface area contributed by atoms with Gasteiger partial charge in [0.1, 0.15) is 5.82 Å². The van der Waals surface area contributed by atoms with Gasteiger partial charge in [0.15, 0.2) is 5.96 Å². The van der Waals surface area contributed by atoms with Crippen LogP contribution < -0.4 is 11.1 Å². The second kappa shape index (κ2) is 6.18. The minimum Gasteiger partial charge on any atom is -0.370 e. The molecule has 1 aliphatic rings. The predicted octanol–water partition coefficient (Wildman–Crippen LogP) is 2.94.